The van der Waals surface area contributed by atoms with Crippen LogP contribution in [0.2, 0.25) is 5.82 Å². The Kier molecular flexibility index (Phi) is 11.0. The zero-order valence-corrected chi connectivity index (χ0v) is 12.6. The van der Waals surface area contributed by atoms with Crippen molar-refractivity contribution < 1.29 is 19.6 Å². The predicted molar refractivity (Wildman–Crippen MR) is 77.7 cm³/mol. The fourth-order valence-corrected chi connectivity index (χ4v) is 1.86. The molecular weight excluding hydrogens is 243 g/mol. The van der Waals surface area contributed by atoms with Crippen molar-refractivity contribution in [3.05, 3.63) is 0 Å². The Morgan fingerprint density at radius 1 is 1.11 bits per heavy atom. The summed E-state index contributed by atoms with van der Waals surface area (Å²) in [5.41, 5.74) is 0. The first-order chi connectivity index (χ1) is 8.99. The highest BCUT2D eigenvalue weighted by molar-refractivity contribution is 6.48. The van der Waals surface area contributed by atoms with E-state index in [-0.39, 0.29) is 0 Å². The van der Waals surface area contributed by atoms with Gasteiger partial charge < -0.3 is 14.8 Å². The van der Waals surface area contributed by atoms with Gasteiger partial charge in [-0.15, -0.1) is 0 Å². The van der Waals surface area contributed by atoms with E-state index in [0.29, 0.717) is 18.9 Å². The second kappa shape index (κ2) is 11.3. The summed E-state index contributed by atoms with van der Waals surface area (Å²) in [6, 6.07) is 0. The lowest BCUT2D eigenvalue weighted by Gasteiger charge is -2.15. The summed E-state index contributed by atoms with van der Waals surface area (Å²) in [4.78, 5) is 11.7. The lowest BCUT2D eigenvalue weighted by atomic mass is 9.70. The van der Waals surface area contributed by atoms with Gasteiger partial charge in [-0.25, -0.2) is 0 Å². The SMILES string of the molecule is CCCCCCCC(B(O)O)C(=O)OCCC(C)C. The maximum absolute atomic E-state index is 11.7. The van der Waals surface area contributed by atoms with Gasteiger partial charge in [-0.3, -0.25) is 4.79 Å². The minimum absolute atomic E-state index is 0.357. The van der Waals surface area contributed by atoms with Gasteiger partial charge in [0.25, 0.3) is 0 Å². The van der Waals surface area contributed by atoms with Gasteiger partial charge in [0.2, 0.25) is 0 Å². The summed E-state index contributed by atoms with van der Waals surface area (Å²) in [5, 5.41) is 18.5. The molecule has 0 aromatic heterocycles. The lowest BCUT2D eigenvalue weighted by Crippen LogP contribution is -2.29. The second-order valence-electron chi connectivity index (χ2n) is 5.57. The monoisotopic (exact) mass is 272 g/mol. The summed E-state index contributed by atoms with van der Waals surface area (Å²) < 4.78 is 5.10. The smallest absolute Gasteiger partial charge is 0.466 e. The molecule has 0 heterocycles. The average molecular weight is 272 g/mol. The molecule has 0 spiro atoms. The molecule has 0 fully saturated rings. The quantitative estimate of drug-likeness (QED) is 0.345. The number of ether oxygens (including phenoxy) is 1. The Hall–Kier alpha value is -0.545. The lowest BCUT2D eigenvalue weighted by molar-refractivity contribution is -0.144. The minimum atomic E-state index is -1.61. The van der Waals surface area contributed by atoms with Crippen LogP contribution >= 0.6 is 0 Å². The minimum Gasteiger partial charge on any atom is -0.466 e. The molecule has 4 nitrogen and oxygen atoms in total. The average Bonchev–Trinajstić information content (AvgIpc) is 2.32. The van der Waals surface area contributed by atoms with Gasteiger partial charge in [-0.1, -0.05) is 52.9 Å². The molecule has 0 rings (SSSR count). The Bertz CT molecular complexity index is 231. The van der Waals surface area contributed by atoms with E-state index in [0.717, 1.165) is 25.7 Å². The molecule has 0 aromatic carbocycles. The van der Waals surface area contributed by atoms with Crippen molar-refractivity contribution in [3.8, 4) is 0 Å². The van der Waals surface area contributed by atoms with Crippen molar-refractivity contribution in [2.75, 3.05) is 6.61 Å². The van der Waals surface area contributed by atoms with E-state index in [2.05, 4.69) is 20.8 Å². The van der Waals surface area contributed by atoms with E-state index in [1.807, 2.05) is 0 Å². The molecule has 0 saturated heterocycles. The van der Waals surface area contributed by atoms with Crippen molar-refractivity contribution >= 4 is 13.1 Å². The van der Waals surface area contributed by atoms with Crippen LogP contribution in [0.15, 0.2) is 0 Å². The van der Waals surface area contributed by atoms with E-state index in [4.69, 9.17) is 4.74 Å². The van der Waals surface area contributed by atoms with E-state index in [1.54, 1.807) is 0 Å². The molecule has 112 valence electrons. The molecule has 0 aliphatic carbocycles. The van der Waals surface area contributed by atoms with Gasteiger partial charge >= 0.3 is 13.1 Å². The van der Waals surface area contributed by atoms with Crippen LogP contribution in [0, 0.1) is 5.92 Å². The molecule has 19 heavy (non-hydrogen) atoms. The molecule has 0 aromatic rings. The molecule has 0 aliphatic heterocycles. The van der Waals surface area contributed by atoms with Gasteiger partial charge in [-0.05, 0) is 18.8 Å². The Morgan fingerprint density at radius 3 is 2.26 bits per heavy atom. The molecular formula is C14H29BO4. The molecule has 1 atom stereocenters. The summed E-state index contributed by atoms with van der Waals surface area (Å²) in [6.45, 7) is 6.61. The molecule has 0 radical (unpaired) electrons. The number of hydrogen-bond acceptors (Lipinski definition) is 4. The number of carbonyl (C=O) groups excluding carboxylic acids is 1. The number of esters is 1. The normalized spacial score (nSPS) is 12.5. The van der Waals surface area contributed by atoms with Crippen molar-refractivity contribution in [3.63, 3.8) is 0 Å². The van der Waals surface area contributed by atoms with E-state index in [1.165, 1.54) is 12.8 Å². The van der Waals surface area contributed by atoms with Crippen molar-refractivity contribution in [2.45, 2.75) is 71.5 Å². The highest BCUT2D eigenvalue weighted by atomic mass is 16.5. The highest BCUT2D eigenvalue weighted by Crippen LogP contribution is 2.20. The Balaban J connectivity index is 3.92. The summed E-state index contributed by atoms with van der Waals surface area (Å²) in [7, 11) is -1.61. The number of rotatable bonds is 11. The first-order valence-electron chi connectivity index (χ1n) is 7.51. The van der Waals surface area contributed by atoms with Gasteiger partial charge in [0.05, 0.1) is 12.4 Å². The zero-order valence-electron chi connectivity index (χ0n) is 12.6. The third-order valence-corrected chi connectivity index (χ3v) is 3.22. The third-order valence-electron chi connectivity index (χ3n) is 3.22. The van der Waals surface area contributed by atoms with Crippen LogP contribution in [-0.2, 0) is 9.53 Å². The molecule has 0 saturated carbocycles. The van der Waals surface area contributed by atoms with E-state index < -0.39 is 18.9 Å². The maximum Gasteiger partial charge on any atom is 0.466 e. The largest absolute Gasteiger partial charge is 0.466 e. The van der Waals surface area contributed by atoms with Gasteiger partial charge in [0.1, 0.15) is 0 Å². The molecule has 0 aliphatic rings. The zero-order chi connectivity index (χ0) is 14.7. The molecule has 1 unspecified atom stereocenters. The molecule has 0 bridgehead atoms. The summed E-state index contributed by atoms with van der Waals surface area (Å²) >= 11 is 0. The Labute approximate surface area is 117 Å². The van der Waals surface area contributed by atoms with Crippen LogP contribution in [0.5, 0.6) is 0 Å². The molecule has 2 N–H and O–H groups in total. The van der Waals surface area contributed by atoms with Crippen LogP contribution in [-0.4, -0.2) is 29.7 Å². The fraction of sp³-hybridized carbons (Fsp3) is 0.929. The number of hydrogen-bond donors (Lipinski definition) is 2. The van der Waals surface area contributed by atoms with Crippen LogP contribution in [0.25, 0.3) is 0 Å². The number of unbranched alkanes of at least 4 members (excludes halogenated alkanes) is 4. The van der Waals surface area contributed by atoms with E-state index in [9.17, 15) is 14.8 Å². The van der Waals surface area contributed by atoms with Crippen molar-refractivity contribution in [2.24, 2.45) is 5.92 Å². The Morgan fingerprint density at radius 2 is 1.74 bits per heavy atom. The standard InChI is InChI=1S/C14H29BO4/c1-4-5-6-7-8-9-13(15(17)18)14(16)19-11-10-12(2)3/h12-13,17-18H,4-11H2,1-3H3. The molecule has 0 amide bonds. The maximum atomic E-state index is 11.7. The number of carbonyl (C=O) groups is 1. The third kappa shape index (κ3) is 9.96. The second-order valence-corrected chi connectivity index (χ2v) is 5.57. The summed E-state index contributed by atoms with van der Waals surface area (Å²) in [6.07, 6.45) is 6.64. The summed E-state index contributed by atoms with van der Waals surface area (Å²) in [5.74, 6) is -0.806. The van der Waals surface area contributed by atoms with E-state index >= 15 is 0 Å². The fourth-order valence-electron chi connectivity index (χ4n) is 1.86. The molecule has 5 heteroatoms. The van der Waals surface area contributed by atoms with Crippen LogP contribution < -0.4 is 0 Å². The van der Waals surface area contributed by atoms with Gasteiger partial charge in [0, 0.05) is 0 Å². The van der Waals surface area contributed by atoms with Crippen LogP contribution in [0.1, 0.15) is 65.7 Å². The van der Waals surface area contributed by atoms with Gasteiger partial charge in [-0.2, -0.15) is 0 Å². The highest BCUT2D eigenvalue weighted by Gasteiger charge is 2.31. The van der Waals surface area contributed by atoms with Crippen LogP contribution in [0.4, 0.5) is 0 Å². The first kappa shape index (κ1) is 18.5. The van der Waals surface area contributed by atoms with Crippen LogP contribution in [0.3, 0.4) is 0 Å². The predicted octanol–water partition coefficient (Wildman–Crippen LogP) is 2.78. The van der Waals surface area contributed by atoms with Crippen molar-refractivity contribution in [1.82, 2.24) is 0 Å². The van der Waals surface area contributed by atoms with Crippen molar-refractivity contribution in [1.29, 1.82) is 0 Å². The first-order valence-corrected chi connectivity index (χ1v) is 7.51. The topological polar surface area (TPSA) is 66.8 Å². The van der Waals surface area contributed by atoms with Gasteiger partial charge in [0.15, 0.2) is 0 Å².